The third kappa shape index (κ3) is 5.64. The molecule has 0 spiro atoms. The number of benzene rings is 2. The average molecular weight is 416 g/mol. The van der Waals surface area contributed by atoms with Crippen molar-refractivity contribution in [1.29, 1.82) is 0 Å². The predicted molar refractivity (Wildman–Crippen MR) is 121 cm³/mol. The van der Waals surface area contributed by atoms with Gasteiger partial charge in [0.15, 0.2) is 0 Å². The van der Waals surface area contributed by atoms with Crippen LogP contribution in [0.25, 0.3) is 0 Å². The van der Waals surface area contributed by atoms with Crippen LogP contribution in [0.4, 0.5) is 11.4 Å². The van der Waals surface area contributed by atoms with E-state index in [2.05, 4.69) is 10.2 Å². The first-order valence-corrected chi connectivity index (χ1v) is 10.6. The van der Waals surface area contributed by atoms with Gasteiger partial charge in [-0.2, -0.15) is 0 Å². The van der Waals surface area contributed by atoms with Crippen LogP contribution in [0.5, 0.6) is 5.75 Å². The molecule has 0 saturated carbocycles. The molecular weight excluding hydrogens is 386 g/mol. The highest BCUT2D eigenvalue weighted by molar-refractivity contribution is 6.31. The Labute approximate surface area is 178 Å². The number of anilines is 2. The molecule has 5 nitrogen and oxygen atoms in total. The highest BCUT2D eigenvalue weighted by Crippen LogP contribution is 2.29. The summed E-state index contributed by atoms with van der Waals surface area (Å²) in [5.74, 6) is 0.621. The van der Waals surface area contributed by atoms with Crippen LogP contribution < -0.4 is 20.7 Å². The van der Waals surface area contributed by atoms with E-state index in [4.69, 9.17) is 22.1 Å². The van der Waals surface area contributed by atoms with Gasteiger partial charge in [0.2, 0.25) is 0 Å². The van der Waals surface area contributed by atoms with Crippen molar-refractivity contribution in [3.8, 4) is 5.75 Å². The summed E-state index contributed by atoms with van der Waals surface area (Å²) in [6.07, 6.45) is 3.64. The maximum Gasteiger partial charge on any atom is 0.255 e. The van der Waals surface area contributed by atoms with E-state index in [1.807, 2.05) is 45.0 Å². The second-order valence-electron chi connectivity index (χ2n) is 7.93. The van der Waals surface area contributed by atoms with Crippen LogP contribution >= 0.6 is 11.6 Å². The second kappa shape index (κ2) is 9.51. The number of halogens is 1. The van der Waals surface area contributed by atoms with Crippen molar-refractivity contribution in [3.05, 3.63) is 52.0 Å². The SMILES string of the molecule is Cc1cc(C(=O)Nc2cc(Cl)cc(N3CCCCC3)c2)cc(C)c1OC[C@@H](C)N. The molecular formula is C23H30ClN3O2. The van der Waals surface area contributed by atoms with Crippen LogP contribution in [0.1, 0.15) is 47.7 Å². The highest BCUT2D eigenvalue weighted by Gasteiger charge is 2.15. The summed E-state index contributed by atoms with van der Waals surface area (Å²) >= 11 is 6.33. The van der Waals surface area contributed by atoms with Crippen molar-refractivity contribution in [2.75, 3.05) is 29.9 Å². The van der Waals surface area contributed by atoms with Crippen molar-refractivity contribution in [2.24, 2.45) is 5.73 Å². The van der Waals surface area contributed by atoms with E-state index in [9.17, 15) is 4.79 Å². The Morgan fingerprint density at radius 2 is 1.79 bits per heavy atom. The summed E-state index contributed by atoms with van der Waals surface area (Å²) in [5, 5.41) is 3.61. The lowest BCUT2D eigenvalue weighted by Crippen LogP contribution is -2.29. The quantitative estimate of drug-likeness (QED) is 0.702. The van der Waals surface area contributed by atoms with Gasteiger partial charge in [0.25, 0.3) is 5.91 Å². The zero-order valence-electron chi connectivity index (χ0n) is 17.4. The van der Waals surface area contributed by atoms with Crippen molar-refractivity contribution >= 4 is 28.9 Å². The van der Waals surface area contributed by atoms with Crippen molar-refractivity contribution < 1.29 is 9.53 Å². The van der Waals surface area contributed by atoms with Crippen LogP contribution in [0.15, 0.2) is 30.3 Å². The first-order valence-electron chi connectivity index (χ1n) is 10.2. The van der Waals surface area contributed by atoms with Gasteiger partial charge < -0.3 is 20.7 Å². The molecule has 1 heterocycles. The molecule has 0 bridgehead atoms. The zero-order valence-corrected chi connectivity index (χ0v) is 18.2. The lowest BCUT2D eigenvalue weighted by molar-refractivity contribution is 0.102. The molecule has 2 aromatic rings. The molecule has 0 aliphatic carbocycles. The molecule has 0 unspecified atom stereocenters. The number of piperidine rings is 1. The van der Waals surface area contributed by atoms with Gasteiger partial charge in [0.05, 0.1) is 0 Å². The number of carbonyl (C=O) groups excluding carboxylic acids is 1. The Morgan fingerprint density at radius 3 is 2.41 bits per heavy atom. The van der Waals surface area contributed by atoms with Crippen LogP contribution in [-0.4, -0.2) is 31.6 Å². The van der Waals surface area contributed by atoms with Gasteiger partial charge in [-0.1, -0.05) is 11.6 Å². The Hall–Kier alpha value is -2.24. The molecule has 1 aliphatic heterocycles. The van der Waals surface area contributed by atoms with Crippen LogP contribution in [0.2, 0.25) is 5.02 Å². The van der Waals surface area contributed by atoms with E-state index < -0.39 is 0 Å². The van der Waals surface area contributed by atoms with E-state index in [1.54, 1.807) is 6.07 Å². The van der Waals surface area contributed by atoms with Crippen LogP contribution in [-0.2, 0) is 0 Å². The first kappa shape index (κ1) is 21.5. The fourth-order valence-corrected chi connectivity index (χ4v) is 3.94. The molecule has 3 rings (SSSR count). The number of nitrogens with zero attached hydrogens (tertiary/aromatic N) is 1. The number of nitrogens with one attached hydrogen (secondary N) is 1. The summed E-state index contributed by atoms with van der Waals surface area (Å²) < 4.78 is 5.80. The molecule has 1 amide bonds. The number of carbonyl (C=O) groups is 1. The van der Waals surface area contributed by atoms with E-state index in [0.29, 0.717) is 22.9 Å². The molecule has 29 heavy (non-hydrogen) atoms. The molecule has 1 atom stereocenters. The van der Waals surface area contributed by atoms with E-state index >= 15 is 0 Å². The minimum atomic E-state index is -0.165. The summed E-state index contributed by atoms with van der Waals surface area (Å²) in [4.78, 5) is 15.2. The molecule has 3 N–H and O–H groups in total. The Bertz CT molecular complexity index is 853. The van der Waals surface area contributed by atoms with Crippen molar-refractivity contribution in [3.63, 3.8) is 0 Å². The number of ether oxygens (including phenoxy) is 1. The van der Waals surface area contributed by atoms with E-state index in [1.165, 1.54) is 19.3 Å². The van der Waals surface area contributed by atoms with Gasteiger partial charge in [-0.3, -0.25) is 4.79 Å². The van der Waals surface area contributed by atoms with Crippen molar-refractivity contribution in [1.82, 2.24) is 0 Å². The molecule has 1 aliphatic rings. The summed E-state index contributed by atoms with van der Waals surface area (Å²) in [6.45, 7) is 8.26. The molecule has 156 valence electrons. The summed E-state index contributed by atoms with van der Waals surface area (Å²) in [7, 11) is 0. The maximum absolute atomic E-state index is 12.9. The van der Waals surface area contributed by atoms with Gasteiger partial charge in [-0.05, 0) is 81.5 Å². The average Bonchev–Trinajstić information content (AvgIpc) is 2.67. The third-order valence-electron chi connectivity index (χ3n) is 5.07. The third-order valence-corrected chi connectivity index (χ3v) is 5.29. The van der Waals surface area contributed by atoms with Gasteiger partial charge in [0, 0.05) is 41.1 Å². The number of amides is 1. The number of hydrogen-bond acceptors (Lipinski definition) is 4. The summed E-state index contributed by atoms with van der Waals surface area (Å²) in [5.41, 5.74) is 9.95. The van der Waals surface area contributed by atoms with Gasteiger partial charge in [0.1, 0.15) is 12.4 Å². The van der Waals surface area contributed by atoms with Gasteiger partial charge in [-0.25, -0.2) is 0 Å². The maximum atomic E-state index is 12.9. The lowest BCUT2D eigenvalue weighted by atomic mass is 10.0. The Balaban J connectivity index is 1.77. The van der Waals surface area contributed by atoms with Gasteiger partial charge in [-0.15, -0.1) is 0 Å². The fourth-order valence-electron chi connectivity index (χ4n) is 3.71. The largest absolute Gasteiger partial charge is 0.491 e. The van der Waals surface area contributed by atoms with Crippen LogP contribution in [0, 0.1) is 13.8 Å². The monoisotopic (exact) mass is 415 g/mol. The minimum absolute atomic E-state index is 0.0475. The fraction of sp³-hybridized carbons (Fsp3) is 0.435. The van der Waals surface area contributed by atoms with Gasteiger partial charge >= 0.3 is 0 Å². The first-order chi connectivity index (χ1) is 13.8. The van der Waals surface area contributed by atoms with Crippen LogP contribution in [0.3, 0.4) is 0 Å². The van der Waals surface area contributed by atoms with E-state index in [-0.39, 0.29) is 11.9 Å². The standard InChI is InChI=1S/C23H30ClN3O2/c1-15-9-18(10-16(2)22(15)29-14-17(3)25)23(28)26-20-11-19(24)12-21(13-20)27-7-5-4-6-8-27/h9-13,17H,4-8,14,25H2,1-3H3,(H,26,28)/t17-/m1/s1. The summed E-state index contributed by atoms with van der Waals surface area (Å²) in [6, 6.07) is 9.38. The second-order valence-corrected chi connectivity index (χ2v) is 8.36. The highest BCUT2D eigenvalue weighted by atomic mass is 35.5. The molecule has 2 aromatic carbocycles. The zero-order chi connectivity index (χ0) is 21.0. The molecule has 1 fully saturated rings. The van der Waals surface area contributed by atoms with Crippen molar-refractivity contribution in [2.45, 2.75) is 46.1 Å². The smallest absolute Gasteiger partial charge is 0.255 e. The number of nitrogens with two attached hydrogens (primary N) is 1. The number of rotatable bonds is 6. The van der Waals surface area contributed by atoms with E-state index in [0.717, 1.165) is 35.7 Å². The molecule has 6 heteroatoms. The molecule has 0 radical (unpaired) electrons. The molecule has 0 aromatic heterocycles. The number of hydrogen-bond donors (Lipinski definition) is 2. The normalized spacial score (nSPS) is 15.1. The number of aryl methyl sites for hydroxylation is 2. The lowest BCUT2D eigenvalue weighted by Gasteiger charge is -2.29. The minimum Gasteiger partial charge on any atom is -0.491 e. The topological polar surface area (TPSA) is 67.6 Å². The molecule has 1 saturated heterocycles. The Morgan fingerprint density at radius 1 is 1.14 bits per heavy atom. The Kier molecular flexibility index (Phi) is 7.04. The predicted octanol–water partition coefficient (Wildman–Crippen LogP) is 4.93.